The number of carbonyl (C=O) groups is 1. The van der Waals surface area contributed by atoms with Gasteiger partial charge in [0.15, 0.2) is 5.56 Å². The quantitative estimate of drug-likeness (QED) is 0.624. The highest BCUT2D eigenvalue weighted by Crippen LogP contribution is 2.29. The third kappa shape index (κ3) is 3.65. The van der Waals surface area contributed by atoms with Crippen molar-refractivity contribution in [2.75, 3.05) is 13.2 Å². The van der Waals surface area contributed by atoms with E-state index >= 15 is 0 Å². The smallest absolute Gasteiger partial charge is 0.290 e. The monoisotopic (exact) mass is 331 g/mol. The molecule has 0 saturated carbocycles. The summed E-state index contributed by atoms with van der Waals surface area (Å²) in [6.45, 7) is 6.53. The highest BCUT2D eigenvalue weighted by molar-refractivity contribution is 5.82. The number of hydrogen-bond acceptors (Lipinski definition) is 5. The van der Waals surface area contributed by atoms with E-state index in [0.717, 1.165) is 12.8 Å². The van der Waals surface area contributed by atoms with E-state index in [1.165, 1.54) is 18.2 Å². The highest BCUT2D eigenvalue weighted by atomic mass is 16.6. The van der Waals surface area contributed by atoms with Gasteiger partial charge in [0.25, 0.3) is 5.69 Å². The SMILES string of the molecule is CC(C)(C)C(=O)N1CCCC1COc1cccc([N+](=O)[O-])c1C#N. The van der Waals surface area contributed by atoms with Gasteiger partial charge in [-0.15, -0.1) is 0 Å². The van der Waals surface area contributed by atoms with Crippen molar-refractivity contribution in [1.29, 1.82) is 5.26 Å². The lowest BCUT2D eigenvalue weighted by atomic mass is 9.94. The van der Waals surface area contributed by atoms with Crippen LogP contribution < -0.4 is 4.74 Å². The molecule has 0 N–H and O–H groups in total. The summed E-state index contributed by atoms with van der Waals surface area (Å²) in [5.41, 5.74) is -0.829. The third-order valence-corrected chi connectivity index (χ3v) is 4.02. The first-order valence-corrected chi connectivity index (χ1v) is 7.87. The first-order valence-electron chi connectivity index (χ1n) is 7.87. The van der Waals surface area contributed by atoms with Crippen molar-refractivity contribution in [2.45, 2.75) is 39.7 Å². The van der Waals surface area contributed by atoms with Crippen LogP contribution in [0.5, 0.6) is 5.75 Å². The number of rotatable bonds is 4. The Morgan fingerprint density at radius 3 is 2.79 bits per heavy atom. The Morgan fingerprint density at radius 1 is 1.50 bits per heavy atom. The Morgan fingerprint density at radius 2 is 2.21 bits per heavy atom. The molecule has 2 rings (SSSR count). The third-order valence-electron chi connectivity index (χ3n) is 4.02. The number of likely N-dealkylation sites (tertiary alicyclic amines) is 1. The molecular weight excluding hydrogens is 310 g/mol. The molecule has 0 spiro atoms. The average Bonchev–Trinajstić information content (AvgIpc) is 2.98. The Balaban J connectivity index is 2.14. The highest BCUT2D eigenvalue weighted by Gasteiger charge is 2.35. The molecule has 0 aromatic heterocycles. The van der Waals surface area contributed by atoms with E-state index in [2.05, 4.69) is 0 Å². The molecular formula is C17H21N3O4. The fourth-order valence-corrected chi connectivity index (χ4v) is 2.80. The van der Waals surface area contributed by atoms with Gasteiger partial charge in [-0.1, -0.05) is 26.8 Å². The summed E-state index contributed by atoms with van der Waals surface area (Å²) >= 11 is 0. The molecule has 1 atom stereocenters. The van der Waals surface area contributed by atoms with Gasteiger partial charge < -0.3 is 9.64 Å². The van der Waals surface area contributed by atoms with Crippen LogP contribution in [-0.4, -0.2) is 34.9 Å². The van der Waals surface area contributed by atoms with Crippen molar-refractivity contribution in [2.24, 2.45) is 5.41 Å². The number of carbonyl (C=O) groups excluding carboxylic acids is 1. The zero-order valence-electron chi connectivity index (χ0n) is 14.1. The van der Waals surface area contributed by atoms with Crippen LogP contribution in [0.2, 0.25) is 0 Å². The normalized spacial score (nSPS) is 17.4. The van der Waals surface area contributed by atoms with Gasteiger partial charge in [-0.2, -0.15) is 5.26 Å². The Bertz CT molecular complexity index is 688. The fourth-order valence-electron chi connectivity index (χ4n) is 2.80. The Kier molecular flexibility index (Phi) is 5.07. The number of nitro benzene ring substituents is 1. The fraction of sp³-hybridized carbons (Fsp3) is 0.529. The van der Waals surface area contributed by atoms with E-state index < -0.39 is 10.3 Å². The first-order chi connectivity index (χ1) is 11.3. The number of nitriles is 1. The topological polar surface area (TPSA) is 96.5 Å². The number of amides is 1. The molecule has 1 amide bonds. The van der Waals surface area contributed by atoms with E-state index in [9.17, 15) is 20.2 Å². The van der Waals surface area contributed by atoms with Crippen LogP contribution in [0, 0.1) is 26.9 Å². The zero-order valence-corrected chi connectivity index (χ0v) is 14.1. The molecule has 7 heteroatoms. The Hall–Kier alpha value is -2.62. The van der Waals surface area contributed by atoms with Crippen LogP contribution in [0.1, 0.15) is 39.2 Å². The molecule has 1 aliphatic heterocycles. The van der Waals surface area contributed by atoms with E-state index in [4.69, 9.17) is 4.74 Å². The van der Waals surface area contributed by atoms with Gasteiger partial charge in [-0.05, 0) is 18.9 Å². The zero-order chi connectivity index (χ0) is 17.9. The van der Waals surface area contributed by atoms with Crippen LogP contribution in [0.4, 0.5) is 5.69 Å². The minimum absolute atomic E-state index is 0.0631. The van der Waals surface area contributed by atoms with E-state index in [1.54, 1.807) is 0 Å². The lowest BCUT2D eigenvalue weighted by molar-refractivity contribution is -0.385. The molecule has 7 nitrogen and oxygen atoms in total. The average molecular weight is 331 g/mol. The number of benzene rings is 1. The molecule has 0 radical (unpaired) electrons. The lowest BCUT2D eigenvalue weighted by Gasteiger charge is -2.30. The van der Waals surface area contributed by atoms with Crippen molar-refractivity contribution >= 4 is 11.6 Å². The standard InChI is InChI=1S/C17H21N3O4/c1-17(2,3)16(21)19-9-5-6-12(19)11-24-15-8-4-7-14(20(22)23)13(15)10-18/h4,7-8,12H,5-6,9,11H2,1-3H3. The summed E-state index contributed by atoms with van der Waals surface area (Å²) in [4.78, 5) is 24.7. The minimum atomic E-state index is -0.601. The molecule has 24 heavy (non-hydrogen) atoms. The second-order valence-corrected chi connectivity index (χ2v) is 6.87. The molecule has 1 aromatic carbocycles. The van der Waals surface area contributed by atoms with Crippen molar-refractivity contribution in [3.63, 3.8) is 0 Å². The van der Waals surface area contributed by atoms with Crippen molar-refractivity contribution in [3.8, 4) is 11.8 Å². The maximum Gasteiger partial charge on any atom is 0.290 e. The molecule has 1 heterocycles. The van der Waals surface area contributed by atoms with Crippen LogP contribution in [0.15, 0.2) is 18.2 Å². The van der Waals surface area contributed by atoms with Gasteiger partial charge in [0.2, 0.25) is 5.91 Å². The number of nitro groups is 1. The summed E-state index contributed by atoms with van der Waals surface area (Å²) in [5.74, 6) is 0.245. The largest absolute Gasteiger partial charge is 0.490 e. The van der Waals surface area contributed by atoms with Crippen molar-refractivity contribution < 1.29 is 14.5 Å². The lowest BCUT2D eigenvalue weighted by Crippen LogP contribution is -2.44. The maximum atomic E-state index is 12.5. The van der Waals surface area contributed by atoms with Gasteiger partial charge in [-0.25, -0.2) is 0 Å². The summed E-state index contributed by atoms with van der Waals surface area (Å²) in [6.07, 6.45) is 1.72. The van der Waals surface area contributed by atoms with Crippen LogP contribution in [0.3, 0.4) is 0 Å². The van der Waals surface area contributed by atoms with E-state index in [1.807, 2.05) is 31.7 Å². The molecule has 1 aliphatic rings. The number of hydrogen-bond donors (Lipinski definition) is 0. The van der Waals surface area contributed by atoms with Gasteiger partial charge in [0, 0.05) is 18.0 Å². The summed E-state index contributed by atoms with van der Waals surface area (Å²) in [7, 11) is 0. The number of nitrogens with zero attached hydrogens (tertiary/aromatic N) is 3. The summed E-state index contributed by atoms with van der Waals surface area (Å²) in [6, 6.07) is 6.05. The molecule has 1 saturated heterocycles. The molecule has 128 valence electrons. The maximum absolute atomic E-state index is 12.5. The van der Waals surface area contributed by atoms with Gasteiger partial charge in [0.1, 0.15) is 18.4 Å². The summed E-state index contributed by atoms with van der Waals surface area (Å²) < 4.78 is 5.68. The van der Waals surface area contributed by atoms with Gasteiger partial charge >= 0.3 is 0 Å². The van der Waals surface area contributed by atoms with Gasteiger partial charge in [-0.3, -0.25) is 14.9 Å². The predicted molar refractivity (Wildman–Crippen MR) is 87.5 cm³/mol. The molecule has 1 fully saturated rings. The van der Waals surface area contributed by atoms with Gasteiger partial charge in [0.05, 0.1) is 11.0 Å². The number of ether oxygens (including phenoxy) is 1. The van der Waals surface area contributed by atoms with Crippen LogP contribution in [0.25, 0.3) is 0 Å². The van der Waals surface area contributed by atoms with Crippen LogP contribution in [-0.2, 0) is 4.79 Å². The molecule has 0 aliphatic carbocycles. The first kappa shape index (κ1) is 17.7. The van der Waals surface area contributed by atoms with Crippen molar-refractivity contribution in [1.82, 2.24) is 4.90 Å². The molecule has 0 bridgehead atoms. The van der Waals surface area contributed by atoms with Crippen molar-refractivity contribution in [3.05, 3.63) is 33.9 Å². The van der Waals surface area contributed by atoms with Crippen LogP contribution >= 0.6 is 0 Å². The Labute approximate surface area is 141 Å². The minimum Gasteiger partial charge on any atom is -0.490 e. The predicted octanol–water partition coefficient (Wildman–Crippen LogP) is 2.88. The molecule has 1 unspecified atom stereocenters. The van der Waals surface area contributed by atoms with E-state index in [0.29, 0.717) is 6.54 Å². The second kappa shape index (κ2) is 6.87. The summed E-state index contributed by atoms with van der Waals surface area (Å²) in [5, 5.41) is 20.2. The second-order valence-electron chi connectivity index (χ2n) is 6.87. The molecule has 1 aromatic rings. The van der Waals surface area contributed by atoms with E-state index in [-0.39, 0.29) is 35.6 Å².